The normalized spacial score (nSPS) is 13.3. The smallest absolute Gasteiger partial charge is 0.481 e. The van der Waals surface area contributed by atoms with Gasteiger partial charge in [-0.2, -0.15) is 21.4 Å². The molecule has 10 rings (SSSR count). The second-order valence-electron chi connectivity index (χ2n) is 27.7. The molecule has 9 aromatic rings. The minimum absolute atomic E-state index is 0. The number of thioether (sulfide) groups is 3. The van der Waals surface area contributed by atoms with Crippen molar-refractivity contribution in [3.05, 3.63) is 285 Å². The number of hydrogen-bond acceptors (Lipinski definition) is 12. The van der Waals surface area contributed by atoms with Crippen LogP contribution in [0.1, 0.15) is 186 Å². The Morgan fingerprint density at radius 3 is 1.88 bits per heavy atom. The summed E-state index contributed by atoms with van der Waals surface area (Å²) in [6, 6.07) is 70.6. The van der Waals surface area contributed by atoms with Crippen LogP contribution in [0, 0.1) is 18.3 Å². The van der Waals surface area contributed by atoms with Gasteiger partial charge < -0.3 is 31.5 Å². The zero-order valence-corrected chi connectivity index (χ0v) is 69.4. The van der Waals surface area contributed by atoms with Gasteiger partial charge in [0.2, 0.25) is 5.60 Å². The number of unbranched alkanes of at least 4 members (excludes halogenated alkanes) is 1. The predicted molar refractivity (Wildman–Crippen MR) is 445 cm³/mol. The number of carbonyl (C=O) groups is 2. The minimum Gasteiger partial charge on any atom is -0.481 e. The standard InChI is InChI=1S/C34H35ClNOS.C21H29NS2.C20H23ClO3.C13H18O2.CO2.CH4.Na/c1-33(2,37)30-10-5-4-8-25(30)14-18-32(38-23-34(3)19-20-34)27-9-6-7-24(21-27)11-16-29-17-13-26-12-15-28(35)22-31(26)36-29;1-4-5-16-23-20-13-11-19(12-14-20)21(24-17-15-22(2)3)18-9-7-6-8-10-18;1-4-20(3,19(22)23-5-2)24-18-12-8-16(9-13-18)14-15-6-10-17(21)11-7-15;1-9(2)8-11-4-6-12(7-5-11)10(3)13(14)15;2-1-3;;/h4-13,15-17,21-22,32,37H,3,14,18-20,23H2,1-2H3;6-14,21H,4-5,15-17H2,1-3H3;6-13H,4-5,14H2,1-3H3;4-7,9-10H,8H2,1-3H3,(H,14,15);;1H4;/q-1;;;;;;+1/b16-11+;;;;;;/t32-;;;;;;/m1....../s1. The van der Waals surface area contributed by atoms with Crippen molar-refractivity contribution in [2.75, 3.05) is 44.5 Å². The van der Waals surface area contributed by atoms with E-state index in [0.29, 0.717) is 40.2 Å². The molecule has 1 saturated carbocycles. The van der Waals surface area contributed by atoms with E-state index in [9.17, 15) is 14.7 Å². The van der Waals surface area contributed by atoms with Gasteiger partial charge in [0.15, 0.2) is 0 Å². The molecule has 1 heterocycles. The van der Waals surface area contributed by atoms with Gasteiger partial charge in [-0.1, -0.05) is 235 Å². The first-order valence-corrected chi connectivity index (χ1v) is 39.8. The number of aromatic nitrogens is 1. The number of esters is 1. The maximum Gasteiger partial charge on any atom is 1.00 e. The number of halogens is 2. The molecular formula is C90H109Cl2N2NaO8S3. The summed E-state index contributed by atoms with van der Waals surface area (Å²) in [7, 11) is 4.28. The van der Waals surface area contributed by atoms with E-state index in [1.807, 2.05) is 165 Å². The molecule has 16 heteroatoms. The number of benzene rings is 8. The molecule has 560 valence electrons. The summed E-state index contributed by atoms with van der Waals surface area (Å²) in [5.74, 6) is 3.20. The third-order valence-corrected chi connectivity index (χ3v) is 22.2. The number of aliphatic carboxylic acids is 1. The van der Waals surface area contributed by atoms with E-state index in [0.717, 1.165) is 82.0 Å². The molecule has 1 aliphatic rings. The van der Waals surface area contributed by atoms with Crippen LogP contribution < -0.4 is 34.3 Å². The van der Waals surface area contributed by atoms with Crippen molar-refractivity contribution >= 4 is 99.6 Å². The number of rotatable bonds is 31. The topological polar surface area (TPSA) is 143 Å². The first-order valence-electron chi connectivity index (χ1n) is 35.9. The van der Waals surface area contributed by atoms with Gasteiger partial charge in [-0.05, 0) is 221 Å². The fourth-order valence-corrected chi connectivity index (χ4v) is 15.3. The van der Waals surface area contributed by atoms with E-state index >= 15 is 0 Å². The van der Waals surface area contributed by atoms with Crippen molar-refractivity contribution in [1.82, 2.24) is 9.88 Å². The van der Waals surface area contributed by atoms with Gasteiger partial charge >= 0.3 is 47.6 Å². The fraction of sp³-hybridized carbons (Fsp3) is 0.367. The summed E-state index contributed by atoms with van der Waals surface area (Å²) in [4.78, 5) is 47.5. The molecular weight excluding hydrogens is 1430 g/mol. The Hall–Kier alpha value is -6.42. The van der Waals surface area contributed by atoms with Gasteiger partial charge in [0.05, 0.1) is 34.6 Å². The first kappa shape index (κ1) is 92.0. The minimum atomic E-state index is -0.965. The predicted octanol–water partition coefficient (Wildman–Crippen LogP) is 20.4. The average Bonchev–Trinajstić information content (AvgIpc) is 1.64. The summed E-state index contributed by atoms with van der Waals surface area (Å²) in [6.45, 7) is 23.4. The molecule has 10 nitrogen and oxygen atoms in total. The Morgan fingerprint density at radius 2 is 1.28 bits per heavy atom. The third kappa shape index (κ3) is 32.4. The van der Waals surface area contributed by atoms with Gasteiger partial charge in [0.1, 0.15) is 5.75 Å². The Balaban J connectivity index is 0.000000308. The zero-order chi connectivity index (χ0) is 75.7. The van der Waals surface area contributed by atoms with E-state index in [2.05, 4.69) is 156 Å². The number of pyridine rings is 1. The van der Waals surface area contributed by atoms with Gasteiger partial charge in [0, 0.05) is 37.9 Å². The van der Waals surface area contributed by atoms with Crippen molar-refractivity contribution in [3.63, 3.8) is 0 Å². The molecule has 4 atom stereocenters. The van der Waals surface area contributed by atoms with E-state index in [-0.39, 0.29) is 54.5 Å². The van der Waals surface area contributed by atoms with Crippen LogP contribution in [0.15, 0.2) is 211 Å². The van der Waals surface area contributed by atoms with Crippen molar-refractivity contribution in [3.8, 4) is 5.75 Å². The number of fused-ring (bicyclic) bond motifs is 1. The molecule has 2 N–H and O–H groups in total. The zero-order valence-electron chi connectivity index (χ0n) is 63.4. The summed E-state index contributed by atoms with van der Waals surface area (Å²) in [5.41, 5.74) is 12.3. The molecule has 0 bridgehead atoms. The van der Waals surface area contributed by atoms with Crippen molar-refractivity contribution in [2.45, 2.75) is 160 Å². The van der Waals surface area contributed by atoms with Crippen LogP contribution in [-0.2, 0) is 48.8 Å². The Morgan fingerprint density at radius 1 is 0.698 bits per heavy atom. The monoisotopic (exact) mass is 1530 g/mol. The van der Waals surface area contributed by atoms with Crippen molar-refractivity contribution < 1.29 is 68.4 Å². The van der Waals surface area contributed by atoms with Gasteiger partial charge in [0.25, 0.3) is 0 Å². The van der Waals surface area contributed by atoms with Gasteiger partial charge in [-0.25, -0.2) is 9.78 Å². The number of carboxylic acids is 1. The summed E-state index contributed by atoms with van der Waals surface area (Å²) < 4.78 is 11.0. The summed E-state index contributed by atoms with van der Waals surface area (Å²) in [5, 5.41) is 22.8. The second-order valence-corrected chi connectivity index (χ2v) is 32.1. The Bertz CT molecular complexity index is 4110. The van der Waals surface area contributed by atoms with Gasteiger partial charge in [-0.3, -0.25) is 4.79 Å². The number of carbonyl (C=O) groups excluding carboxylic acids is 3. The van der Waals surface area contributed by atoms with Gasteiger partial charge in [-0.15, -0.1) is 28.9 Å². The second kappa shape index (κ2) is 47.5. The molecule has 0 amide bonds. The number of nitrogens with zero attached hydrogens (tertiary/aromatic N) is 2. The largest absolute Gasteiger partial charge is 1.00 e. The maximum absolute atomic E-state index is 12.1. The molecule has 0 spiro atoms. The van der Waals surface area contributed by atoms with Crippen molar-refractivity contribution in [1.29, 1.82) is 0 Å². The Kier molecular flexibility index (Phi) is 41.2. The molecule has 3 unspecified atom stereocenters. The Labute approximate surface area is 678 Å². The number of carboxylic acid groups (broad SMARTS) is 1. The van der Waals surface area contributed by atoms with E-state index < -0.39 is 23.1 Å². The number of aliphatic hydroxyl groups is 1. The van der Waals surface area contributed by atoms with Crippen LogP contribution >= 0.6 is 58.5 Å². The molecule has 1 aromatic heterocycles. The molecule has 0 radical (unpaired) electrons. The van der Waals surface area contributed by atoms with Crippen LogP contribution in [-0.4, -0.2) is 88.3 Å². The van der Waals surface area contributed by atoms with Crippen LogP contribution in [0.4, 0.5) is 0 Å². The quantitative estimate of drug-likeness (QED) is 0.0140. The van der Waals surface area contributed by atoms with Crippen LogP contribution in [0.25, 0.3) is 23.1 Å². The van der Waals surface area contributed by atoms with Crippen LogP contribution in [0.5, 0.6) is 5.75 Å². The number of ether oxygens (including phenoxy) is 2. The van der Waals surface area contributed by atoms with Crippen molar-refractivity contribution in [2.24, 2.45) is 11.3 Å². The summed E-state index contributed by atoms with van der Waals surface area (Å²) >= 11 is 18.1. The SMILES string of the molecule is C.CC(C)Cc1ccc(C(C)C(=O)O)cc1.CCCCSc1ccc(C(SCCN(C)C)c2ccccc2)cc1.CCOC(=O)C(C)(CC)Oc1ccc(Cc2ccc(Cl)cc2)cc1.O=C=O.[CH2-]C1(CS[C@H](CCc2ccccc2C(C)(C)O)c2cccc(/C=C/c3ccc4ccc(Cl)cc4n3)c2)CC1.[Na+]. The maximum atomic E-state index is 12.1. The summed E-state index contributed by atoms with van der Waals surface area (Å²) in [6.07, 6.45) is 13.8. The molecule has 1 aliphatic carbocycles. The number of aryl methyl sites for hydroxylation is 1. The first-order chi connectivity index (χ1) is 49.8. The molecule has 106 heavy (non-hydrogen) atoms. The average molecular weight is 1540 g/mol. The molecule has 8 aromatic carbocycles. The fourth-order valence-electron chi connectivity index (χ4n) is 11.1. The molecule has 0 aliphatic heterocycles. The molecule has 1 fully saturated rings. The number of hydrogen-bond donors (Lipinski definition) is 2. The van der Waals surface area contributed by atoms with E-state index in [1.54, 1.807) is 20.8 Å². The van der Waals surface area contributed by atoms with Crippen LogP contribution in [0.2, 0.25) is 10.0 Å². The third-order valence-electron chi connectivity index (χ3n) is 17.6. The molecule has 0 saturated heterocycles. The van der Waals surface area contributed by atoms with E-state index in [4.69, 9.17) is 52.4 Å². The van der Waals surface area contributed by atoms with Crippen LogP contribution in [0.3, 0.4) is 0 Å². The van der Waals surface area contributed by atoms with E-state index in [1.165, 1.54) is 75.3 Å².